The van der Waals surface area contributed by atoms with Gasteiger partial charge in [0.2, 0.25) is 0 Å². The van der Waals surface area contributed by atoms with E-state index < -0.39 is 42.2 Å². The zero-order valence-electron chi connectivity index (χ0n) is 8.65. The van der Waals surface area contributed by atoms with E-state index >= 15 is 0 Å². The van der Waals surface area contributed by atoms with Crippen LogP contribution in [-0.4, -0.2) is 55.4 Å². The Kier molecular flexibility index (Phi) is 3.69. The van der Waals surface area contributed by atoms with Gasteiger partial charge in [0.1, 0.15) is 6.10 Å². The van der Waals surface area contributed by atoms with Crippen LogP contribution in [0.4, 0.5) is 0 Å². The first-order valence-corrected chi connectivity index (χ1v) is 4.95. The highest BCUT2D eigenvalue weighted by molar-refractivity contribution is 5.78. The molecule has 0 amide bonds. The van der Waals surface area contributed by atoms with Gasteiger partial charge in [-0.05, 0) is 6.42 Å². The molecule has 0 saturated heterocycles. The molecule has 1 fully saturated rings. The summed E-state index contributed by atoms with van der Waals surface area (Å²) in [5.41, 5.74) is -2.24. The molecule has 0 aromatic heterocycles. The van der Waals surface area contributed by atoms with E-state index in [9.17, 15) is 25.2 Å². The predicted octanol–water partition coefficient (Wildman–Crippen LogP) is -1.52. The Morgan fingerprint density at radius 1 is 1.38 bits per heavy atom. The van der Waals surface area contributed by atoms with Gasteiger partial charge >= 0.3 is 5.97 Å². The first-order valence-electron chi connectivity index (χ1n) is 4.95. The summed E-state index contributed by atoms with van der Waals surface area (Å²) >= 11 is 0. The van der Waals surface area contributed by atoms with Crippen LogP contribution in [0.25, 0.3) is 0 Å². The Labute approximate surface area is 92.5 Å². The van der Waals surface area contributed by atoms with Gasteiger partial charge in [-0.3, -0.25) is 0 Å². The molecule has 16 heavy (non-hydrogen) atoms. The second kappa shape index (κ2) is 4.50. The van der Waals surface area contributed by atoms with E-state index in [1.165, 1.54) is 6.08 Å². The van der Waals surface area contributed by atoms with Gasteiger partial charge in [0.15, 0.2) is 5.60 Å². The summed E-state index contributed by atoms with van der Waals surface area (Å²) in [4.78, 5) is 11.0. The number of allylic oxidation sites excluding steroid dienone is 1. The summed E-state index contributed by atoms with van der Waals surface area (Å²) < 4.78 is 0. The highest BCUT2D eigenvalue weighted by Crippen LogP contribution is 2.37. The minimum atomic E-state index is -2.24. The summed E-state index contributed by atoms with van der Waals surface area (Å²) in [7, 11) is 0. The van der Waals surface area contributed by atoms with Crippen LogP contribution < -0.4 is 0 Å². The molecule has 0 heterocycles. The second-order valence-corrected chi connectivity index (χ2v) is 4.11. The van der Waals surface area contributed by atoms with Gasteiger partial charge in [-0.2, -0.15) is 0 Å². The summed E-state index contributed by atoms with van der Waals surface area (Å²) in [6, 6.07) is 0. The van der Waals surface area contributed by atoms with E-state index in [0.29, 0.717) is 0 Å². The number of carbonyl (C=O) groups is 1. The number of hydrogen-bond acceptors (Lipinski definition) is 5. The molecule has 0 aliphatic heterocycles. The lowest BCUT2D eigenvalue weighted by molar-refractivity contribution is -0.208. The van der Waals surface area contributed by atoms with Gasteiger partial charge in [0.05, 0.1) is 12.2 Å². The molecule has 6 heteroatoms. The summed E-state index contributed by atoms with van der Waals surface area (Å²) in [5.74, 6) is -2.61. The molecule has 6 nitrogen and oxygen atoms in total. The lowest BCUT2D eigenvalue weighted by Gasteiger charge is -2.44. The molecule has 1 rings (SSSR count). The molecule has 1 aliphatic rings. The lowest BCUT2D eigenvalue weighted by Crippen LogP contribution is -2.62. The zero-order chi connectivity index (χ0) is 12.5. The molecule has 1 saturated carbocycles. The summed E-state index contributed by atoms with van der Waals surface area (Å²) in [5, 5.41) is 47.3. The number of carboxylic acids is 1. The van der Waals surface area contributed by atoms with Gasteiger partial charge < -0.3 is 25.5 Å². The summed E-state index contributed by atoms with van der Waals surface area (Å²) in [6.07, 6.45) is -3.54. The molecule has 1 aliphatic carbocycles. The van der Waals surface area contributed by atoms with Crippen molar-refractivity contribution in [2.45, 2.75) is 36.8 Å². The lowest BCUT2D eigenvalue weighted by atomic mass is 9.69. The molecule has 0 radical (unpaired) electrons. The molecule has 0 spiro atoms. The monoisotopic (exact) mass is 232 g/mol. The van der Waals surface area contributed by atoms with E-state index in [2.05, 4.69) is 6.58 Å². The highest BCUT2D eigenvalue weighted by Gasteiger charge is 2.55. The fourth-order valence-corrected chi connectivity index (χ4v) is 2.10. The van der Waals surface area contributed by atoms with Crippen molar-refractivity contribution in [1.82, 2.24) is 0 Å². The number of aliphatic hydroxyl groups excluding tert-OH is 3. The van der Waals surface area contributed by atoms with Crippen molar-refractivity contribution < 1.29 is 30.3 Å². The van der Waals surface area contributed by atoms with Crippen LogP contribution in [0.2, 0.25) is 0 Å². The number of hydrogen-bond donors (Lipinski definition) is 5. The van der Waals surface area contributed by atoms with E-state index in [0.717, 1.165) is 0 Å². The van der Waals surface area contributed by atoms with Gasteiger partial charge in [-0.1, -0.05) is 6.08 Å². The van der Waals surface area contributed by atoms with Crippen molar-refractivity contribution in [3.8, 4) is 0 Å². The molecule has 0 aromatic rings. The van der Waals surface area contributed by atoms with Crippen molar-refractivity contribution in [3.05, 3.63) is 12.7 Å². The van der Waals surface area contributed by atoms with E-state index in [-0.39, 0.29) is 6.42 Å². The number of aliphatic hydroxyl groups is 4. The molecule has 0 bridgehead atoms. The summed E-state index contributed by atoms with van der Waals surface area (Å²) in [6.45, 7) is 3.40. The van der Waals surface area contributed by atoms with Gasteiger partial charge in [0, 0.05) is 12.3 Å². The quantitative estimate of drug-likeness (QED) is 0.377. The predicted molar refractivity (Wildman–Crippen MR) is 53.5 cm³/mol. The molecule has 92 valence electrons. The number of aliphatic carboxylic acids is 1. The molecule has 5 N–H and O–H groups in total. The Balaban J connectivity index is 3.05. The van der Waals surface area contributed by atoms with Crippen molar-refractivity contribution in [2.75, 3.05) is 0 Å². The molecule has 0 aromatic carbocycles. The van der Waals surface area contributed by atoms with Crippen LogP contribution >= 0.6 is 0 Å². The van der Waals surface area contributed by atoms with Crippen LogP contribution in [0.5, 0.6) is 0 Å². The second-order valence-electron chi connectivity index (χ2n) is 4.11. The van der Waals surface area contributed by atoms with Crippen LogP contribution in [0.15, 0.2) is 12.7 Å². The molecular weight excluding hydrogens is 216 g/mol. The third-order valence-corrected chi connectivity index (χ3v) is 3.08. The smallest absolute Gasteiger partial charge is 0.336 e. The van der Waals surface area contributed by atoms with Crippen LogP contribution in [0.3, 0.4) is 0 Å². The highest BCUT2D eigenvalue weighted by atomic mass is 16.4. The van der Waals surface area contributed by atoms with Gasteiger partial charge in [0.25, 0.3) is 0 Å². The van der Waals surface area contributed by atoms with Crippen LogP contribution in [-0.2, 0) is 4.79 Å². The fraction of sp³-hybridized carbons (Fsp3) is 0.700. The van der Waals surface area contributed by atoms with Crippen molar-refractivity contribution in [1.29, 1.82) is 0 Å². The first kappa shape index (κ1) is 13.1. The SMILES string of the molecule is C=CC[C@@H]1[C@@H](O)[C@H](O)[C@H](O)C[C@]1(O)C(=O)O. The van der Waals surface area contributed by atoms with E-state index in [1.807, 2.05) is 0 Å². The van der Waals surface area contributed by atoms with E-state index in [1.54, 1.807) is 0 Å². The fourth-order valence-electron chi connectivity index (χ4n) is 2.10. The van der Waals surface area contributed by atoms with Crippen molar-refractivity contribution in [3.63, 3.8) is 0 Å². The van der Waals surface area contributed by atoms with Gasteiger partial charge in [-0.15, -0.1) is 6.58 Å². The maximum Gasteiger partial charge on any atom is 0.336 e. The molecule has 0 unspecified atom stereocenters. The molecular formula is C10H16O6. The Morgan fingerprint density at radius 2 is 1.94 bits per heavy atom. The standard InChI is InChI=1S/C10H16O6/c1-2-3-5-7(12)8(13)6(11)4-10(5,16)9(14)15/h2,5-8,11-13,16H,1,3-4H2,(H,14,15)/t5-,6-,7-,8-,10-/m1/s1. The normalized spacial score (nSPS) is 44.0. The maximum atomic E-state index is 11.0. The third-order valence-electron chi connectivity index (χ3n) is 3.08. The van der Waals surface area contributed by atoms with E-state index in [4.69, 9.17) is 5.11 Å². The minimum Gasteiger partial charge on any atom is -0.479 e. The number of rotatable bonds is 3. The Morgan fingerprint density at radius 3 is 2.38 bits per heavy atom. The largest absolute Gasteiger partial charge is 0.479 e. The Hall–Kier alpha value is -0.950. The van der Waals surface area contributed by atoms with Crippen molar-refractivity contribution in [2.24, 2.45) is 5.92 Å². The average molecular weight is 232 g/mol. The number of carboxylic acid groups (broad SMARTS) is 1. The van der Waals surface area contributed by atoms with Gasteiger partial charge in [-0.25, -0.2) is 4.79 Å². The minimum absolute atomic E-state index is 0.0355. The Bertz CT molecular complexity index is 291. The zero-order valence-corrected chi connectivity index (χ0v) is 8.65. The third kappa shape index (κ3) is 1.97. The van der Waals surface area contributed by atoms with Crippen LogP contribution in [0.1, 0.15) is 12.8 Å². The first-order chi connectivity index (χ1) is 7.34. The average Bonchev–Trinajstić information content (AvgIpc) is 2.21. The van der Waals surface area contributed by atoms with Crippen molar-refractivity contribution >= 4 is 5.97 Å². The van der Waals surface area contributed by atoms with Crippen LogP contribution in [0, 0.1) is 5.92 Å². The topological polar surface area (TPSA) is 118 Å². The molecule has 5 atom stereocenters. The maximum absolute atomic E-state index is 11.0.